The normalized spacial score (nSPS) is 12.1. The topological polar surface area (TPSA) is 124 Å². The summed E-state index contributed by atoms with van der Waals surface area (Å²) >= 11 is 1.63. The van der Waals surface area contributed by atoms with Gasteiger partial charge in [-0.2, -0.15) is 5.10 Å². The molecule has 0 radical (unpaired) electrons. The highest BCUT2D eigenvalue weighted by atomic mass is 127. The number of nitrogens with one attached hydrogen (secondary N) is 1. The Hall–Kier alpha value is -3.22. The molecule has 0 spiro atoms. The minimum absolute atomic E-state index is 0.199. The van der Waals surface area contributed by atoms with Gasteiger partial charge in [-0.05, 0) is 24.1 Å². The van der Waals surface area contributed by atoms with Gasteiger partial charge in [0, 0.05) is 34.1 Å². The highest BCUT2D eigenvalue weighted by Crippen LogP contribution is 2.34. The van der Waals surface area contributed by atoms with Crippen LogP contribution in [0, 0.1) is 5.82 Å². The van der Waals surface area contributed by atoms with Crippen LogP contribution >= 0.6 is 22.6 Å². The number of benzene rings is 1. The molecule has 4 aromatic rings. The van der Waals surface area contributed by atoms with Crippen molar-refractivity contribution in [3.63, 3.8) is 0 Å². The second kappa shape index (κ2) is 9.10. The van der Waals surface area contributed by atoms with Gasteiger partial charge in [0.25, 0.3) is 3.91 Å². The number of nitrogens with zero attached hydrogens (tertiary/aromatic N) is 6. The van der Waals surface area contributed by atoms with Gasteiger partial charge >= 0.3 is 0 Å². The molecule has 0 aliphatic heterocycles. The van der Waals surface area contributed by atoms with Crippen LogP contribution in [0.25, 0.3) is 17.2 Å². The number of amides is 1. The number of aromatic nitrogens is 6. The molecule has 0 saturated heterocycles. The zero-order chi connectivity index (χ0) is 22.8. The van der Waals surface area contributed by atoms with Crippen molar-refractivity contribution >= 4 is 43.8 Å². The number of carbonyl (C=O) groups excluding carboxylic acids is 1. The van der Waals surface area contributed by atoms with E-state index in [2.05, 4.69) is 37.3 Å². The van der Waals surface area contributed by atoms with Crippen LogP contribution in [0.3, 0.4) is 0 Å². The van der Waals surface area contributed by atoms with Crippen molar-refractivity contribution in [3.05, 3.63) is 59.4 Å². The first-order chi connectivity index (χ1) is 15.4. The number of carbonyl (C=O) groups is 1. The Morgan fingerprint density at radius 2 is 2.00 bits per heavy atom. The van der Waals surface area contributed by atoms with E-state index < -0.39 is 0 Å². The summed E-state index contributed by atoms with van der Waals surface area (Å²) in [7, 11) is 0. The lowest BCUT2D eigenvalue weighted by molar-refractivity contribution is 0.271. The third-order valence-electron chi connectivity index (χ3n) is 5.04. The number of anilines is 2. The molecule has 0 bridgehead atoms. The van der Waals surface area contributed by atoms with Gasteiger partial charge in [0.1, 0.15) is 29.5 Å². The molecule has 0 fully saturated rings. The second-order valence-corrected chi connectivity index (χ2v) is 8.20. The quantitative estimate of drug-likeness (QED) is 0.209. The lowest BCUT2D eigenvalue weighted by Gasteiger charge is -2.19. The number of halogens is 2. The average molecular weight is 546 g/mol. The first kappa shape index (κ1) is 22.0. The molecule has 3 aromatic heterocycles. The summed E-state index contributed by atoms with van der Waals surface area (Å²) in [6, 6.07) is 6.08. The van der Waals surface area contributed by atoms with E-state index in [1.165, 1.54) is 18.5 Å². The van der Waals surface area contributed by atoms with Crippen molar-refractivity contribution in [1.82, 2.24) is 29.5 Å². The first-order valence-corrected chi connectivity index (χ1v) is 11.0. The van der Waals surface area contributed by atoms with Crippen molar-refractivity contribution in [3.8, 4) is 11.5 Å². The lowest BCUT2D eigenvalue weighted by atomic mass is 9.93. The van der Waals surface area contributed by atoms with E-state index in [0.29, 0.717) is 23.3 Å². The summed E-state index contributed by atoms with van der Waals surface area (Å²) in [6.45, 7) is 3.94. The van der Waals surface area contributed by atoms with Crippen LogP contribution in [-0.2, 0) is 6.42 Å². The first-order valence-electron chi connectivity index (χ1n) is 9.96. The summed E-state index contributed by atoms with van der Waals surface area (Å²) in [4.78, 5) is 29.9. The molecule has 3 heterocycles. The monoisotopic (exact) mass is 546 g/mol. The molecule has 0 saturated carbocycles. The van der Waals surface area contributed by atoms with Gasteiger partial charge in [0.05, 0.1) is 11.9 Å². The minimum atomic E-state index is -0.334. The highest BCUT2D eigenvalue weighted by molar-refractivity contribution is 14.1. The van der Waals surface area contributed by atoms with Gasteiger partial charge in [-0.15, -0.1) is 0 Å². The smallest absolute Gasteiger partial charge is 0.286 e. The van der Waals surface area contributed by atoms with Crippen LogP contribution in [0.15, 0.2) is 36.8 Å². The maximum absolute atomic E-state index is 13.4. The standard InChI is InChI=1S/C21H20FIN8O/c1-3-4-14-20-25-10-26-31(20)9-15(27-14)18-28-17(24)16(19(29-18)30-21(23)32)11(2)12-5-7-13(22)8-6-12/h5-11H,3-4H2,1-2H3,(H3,24,28,29,30,32)/t11-/m1/s1. The Balaban J connectivity index is 1.85. The largest absolute Gasteiger partial charge is 0.383 e. The van der Waals surface area contributed by atoms with Crippen LogP contribution in [0.2, 0.25) is 0 Å². The van der Waals surface area contributed by atoms with Crippen LogP contribution < -0.4 is 11.1 Å². The van der Waals surface area contributed by atoms with Gasteiger partial charge in [-0.1, -0.05) is 32.4 Å². The van der Waals surface area contributed by atoms with E-state index in [4.69, 9.17) is 5.73 Å². The molecule has 32 heavy (non-hydrogen) atoms. The van der Waals surface area contributed by atoms with Gasteiger partial charge in [0.15, 0.2) is 11.5 Å². The van der Waals surface area contributed by atoms with Gasteiger partial charge in [0.2, 0.25) is 0 Å². The van der Waals surface area contributed by atoms with E-state index in [0.717, 1.165) is 17.7 Å². The number of hydrogen-bond acceptors (Lipinski definition) is 7. The van der Waals surface area contributed by atoms with Crippen molar-refractivity contribution in [2.45, 2.75) is 32.6 Å². The number of aryl methyl sites for hydroxylation is 1. The summed E-state index contributed by atoms with van der Waals surface area (Å²) in [6.07, 6.45) is 4.73. The summed E-state index contributed by atoms with van der Waals surface area (Å²) < 4.78 is 14.7. The molecule has 3 N–H and O–H groups in total. The number of rotatable bonds is 6. The zero-order valence-corrected chi connectivity index (χ0v) is 19.5. The number of nitrogen functional groups attached to an aromatic ring is 1. The highest BCUT2D eigenvalue weighted by Gasteiger charge is 2.22. The lowest BCUT2D eigenvalue weighted by Crippen LogP contribution is -2.14. The SMILES string of the molecule is CCCc1nc(-c2nc(N)c([C@H](C)c3ccc(F)cc3)c(NC(=O)I)n2)cn2ncnc12. The Morgan fingerprint density at radius 1 is 1.25 bits per heavy atom. The molecule has 11 heteroatoms. The molecule has 4 rings (SSSR count). The molecule has 1 atom stereocenters. The van der Waals surface area contributed by atoms with Crippen molar-refractivity contribution in [2.75, 3.05) is 11.1 Å². The van der Waals surface area contributed by atoms with Crippen molar-refractivity contribution < 1.29 is 9.18 Å². The molecule has 1 aromatic carbocycles. The third kappa shape index (κ3) is 4.38. The fraction of sp³-hybridized carbons (Fsp3) is 0.238. The van der Waals surface area contributed by atoms with Crippen LogP contribution in [0.1, 0.15) is 43.0 Å². The van der Waals surface area contributed by atoms with Crippen molar-refractivity contribution in [1.29, 1.82) is 0 Å². The van der Waals surface area contributed by atoms with E-state index in [9.17, 15) is 9.18 Å². The molecule has 1 amide bonds. The molecule has 9 nitrogen and oxygen atoms in total. The fourth-order valence-corrected chi connectivity index (χ4v) is 3.79. The fourth-order valence-electron chi connectivity index (χ4n) is 3.54. The Labute approximate surface area is 196 Å². The van der Waals surface area contributed by atoms with Crippen LogP contribution in [0.5, 0.6) is 0 Å². The van der Waals surface area contributed by atoms with Crippen LogP contribution in [0.4, 0.5) is 20.8 Å². The number of fused-ring (bicyclic) bond motifs is 1. The molecule has 164 valence electrons. The Morgan fingerprint density at radius 3 is 2.69 bits per heavy atom. The van der Waals surface area contributed by atoms with E-state index in [1.54, 1.807) is 45.4 Å². The number of nitrogens with two attached hydrogens (primary N) is 1. The van der Waals surface area contributed by atoms with Gasteiger partial charge in [-0.25, -0.2) is 28.8 Å². The predicted octanol–water partition coefficient (Wildman–Crippen LogP) is 4.37. The van der Waals surface area contributed by atoms with Crippen molar-refractivity contribution in [2.24, 2.45) is 0 Å². The summed E-state index contributed by atoms with van der Waals surface area (Å²) in [5, 5.41) is 6.95. The average Bonchev–Trinajstić information content (AvgIpc) is 3.22. The van der Waals surface area contributed by atoms with E-state index in [-0.39, 0.29) is 33.1 Å². The molecular weight excluding hydrogens is 526 g/mol. The predicted molar refractivity (Wildman–Crippen MR) is 127 cm³/mol. The van der Waals surface area contributed by atoms with Crippen LogP contribution in [-0.4, -0.2) is 33.5 Å². The minimum Gasteiger partial charge on any atom is -0.383 e. The maximum Gasteiger partial charge on any atom is 0.286 e. The molecule has 0 unspecified atom stereocenters. The summed E-state index contributed by atoms with van der Waals surface area (Å²) in [5.74, 6) is 0.112. The van der Waals surface area contributed by atoms with Gasteiger partial charge < -0.3 is 11.1 Å². The van der Waals surface area contributed by atoms with E-state index in [1.807, 2.05) is 6.92 Å². The third-order valence-corrected chi connectivity index (χ3v) is 5.31. The summed E-state index contributed by atoms with van der Waals surface area (Å²) in [5.41, 5.74) is 9.61. The van der Waals surface area contributed by atoms with E-state index >= 15 is 0 Å². The molecular formula is C21H20FIN8O. The Bertz CT molecular complexity index is 1290. The zero-order valence-electron chi connectivity index (χ0n) is 17.4. The Kier molecular flexibility index (Phi) is 6.26. The molecule has 0 aliphatic carbocycles. The number of hydrogen-bond donors (Lipinski definition) is 2. The second-order valence-electron chi connectivity index (χ2n) is 7.22. The van der Waals surface area contributed by atoms with Gasteiger partial charge in [-0.3, -0.25) is 4.79 Å². The maximum atomic E-state index is 13.4. The molecule has 0 aliphatic rings.